The zero-order valence-electron chi connectivity index (χ0n) is 17.7. The van der Waals surface area contributed by atoms with Crippen LogP contribution in [0.1, 0.15) is 11.3 Å². The molecule has 5 rings (SSSR count). The van der Waals surface area contributed by atoms with Crippen molar-refractivity contribution in [1.29, 1.82) is 0 Å². The van der Waals surface area contributed by atoms with Crippen LogP contribution in [-0.4, -0.2) is 21.6 Å². The highest BCUT2D eigenvalue weighted by Gasteiger charge is 2.37. The molecule has 1 aliphatic heterocycles. The maximum atomic E-state index is 13.1. The van der Waals surface area contributed by atoms with Gasteiger partial charge in [0.15, 0.2) is 0 Å². The molecule has 0 radical (unpaired) electrons. The second-order valence-corrected chi connectivity index (χ2v) is 8.95. The number of furan rings is 1. The van der Waals surface area contributed by atoms with E-state index in [0.29, 0.717) is 23.0 Å². The Kier molecular flexibility index (Phi) is 6.00. The predicted octanol–water partition coefficient (Wildman–Crippen LogP) is 5.45. The number of carbonyl (C=O) groups excluding carboxylic acids is 3. The van der Waals surface area contributed by atoms with Gasteiger partial charge >= 0.3 is 0 Å². The zero-order valence-corrected chi connectivity index (χ0v) is 19.3. The maximum absolute atomic E-state index is 13.1. The topological polar surface area (TPSA) is 84.5 Å². The third kappa shape index (κ3) is 4.25. The summed E-state index contributed by atoms with van der Waals surface area (Å²) in [5.41, 5.74) is 1.93. The Balaban J connectivity index is 1.42. The summed E-state index contributed by atoms with van der Waals surface area (Å²) in [6.07, 6.45) is 5.04. The molecule has 3 heterocycles. The first-order valence-corrected chi connectivity index (χ1v) is 11.6. The minimum Gasteiger partial charge on any atom is -0.467 e. The monoisotopic (exact) mass is 491 g/mol. The molecule has 0 spiro atoms. The minimum atomic E-state index is -0.434. The summed E-state index contributed by atoms with van der Waals surface area (Å²) < 4.78 is 7.06. The lowest BCUT2D eigenvalue weighted by Gasteiger charge is -2.13. The van der Waals surface area contributed by atoms with Gasteiger partial charge in [-0.3, -0.25) is 14.4 Å². The molecular formula is C25H18ClN3O4S. The molecule has 7 nitrogen and oxygen atoms in total. The van der Waals surface area contributed by atoms with E-state index in [0.717, 1.165) is 33.1 Å². The summed E-state index contributed by atoms with van der Waals surface area (Å²) in [7, 11) is 0. The Bertz CT molecular complexity index is 1440. The number of rotatable bonds is 6. The number of thioether (sulfide) groups is 1. The molecule has 1 N–H and O–H groups in total. The van der Waals surface area contributed by atoms with Gasteiger partial charge in [-0.15, -0.1) is 0 Å². The number of amides is 3. The number of hydrogen-bond donors (Lipinski definition) is 1. The molecule has 1 aliphatic rings. The van der Waals surface area contributed by atoms with E-state index in [1.165, 1.54) is 0 Å². The quantitative estimate of drug-likeness (QED) is 0.363. The van der Waals surface area contributed by atoms with Crippen LogP contribution >= 0.6 is 23.4 Å². The number of para-hydroxylation sites is 2. The van der Waals surface area contributed by atoms with Crippen LogP contribution in [0.3, 0.4) is 0 Å². The fraction of sp³-hybridized carbons (Fsp3) is 0.0800. The second kappa shape index (κ2) is 9.24. The highest BCUT2D eigenvalue weighted by Crippen LogP contribution is 2.39. The molecule has 1 saturated heterocycles. The molecule has 2 aromatic heterocycles. The largest absolute Gasteiger partial charge is 0.467 e. The van der Waals surface area contributed by atoms with Gasteiger partial charge in [-0.05, 0) is 48.2 Å². The lowest BCUT2D eigenvalue weighted by Crippen LogP contribution is -2.27. The molecule has 1 fully saturated rings. The molecule has 0 aliphatic carbocycles. The van der Waals surface area contributed by atoms with E-state index in [9.17, 15) is 14.4 Å². The summed E-state index contributed by atoms with van der Waals surface area (Å²) >= 11 is 7.07. The fourth-order valence-electron chi connectivity index (χ4n) is 3.78. The number of benzene rings is 2. The van der Waals surface area contributed by atoms with Crippen LogP contribution in [0.2, 0.25) is 5.02 Å². The summed E-state index contributed by atoms with van der Waals surface area (Å²) in [5, 5.41) is 3.61. The van der Waals surface area contributed by atoms with Crippen molar-refractivity contribution < 1.29 is 18.8 Å². The van der Waals surface area contributed by atoms with Gasteiger partial charge in [0.2, 0.25) is 5.91 Å². The molecule has 0 saturated carbocycles. The predicted molar refractivity (Wildman–Crippen MR) is 132 cm³/mol. The average Bonchev–Trinajstić information content (AvgIpc) is 3.53. The van der Waals surface area contributed by atoms with Crippen molar-refractivity contribution in [2.75, 3.05) is 4.90 Å². The molecule has 9 heteroatoms. The highest BCUT2D eigenvalue weighted by molar-refractivity contribution is 8.19. The third-order valence-electron chi connectivity index (χ3n) is 5.35. The highest BCUT2D eigenvalue weighted by atomic mass is 35.5. The number of aromatic nitrogens is 1. The van der Waals surface area contributed by atoms with Crippen LogP contribution < -0.4 is 10.2 Å². The van der Waals surface area contributed by atoms with Crippen LogP contribution in [0, 0.1) is 0 Å². The van der Waals surface area contributed by atoms with Gasteiger partial charge in [-0.1, -0.05) is 41.9 Å². The number of fused-ring (bicyclic) bond motifs is 1. The van der Waals surface area contributed by atoms with Crippen LogP contribution in [0.25, 0.3) is 17.0 Å². The Labute approximate surface area is 204 Å². The first kappa shape index (κ1) is 22.1. The molecular weight excluding hydrogens is 474 g/mol. The van der Waals surface area contributed by atoms with E-state index < -0.39 is 11.1 Å². The average molecular weight is 492 g/mol. The van der Waals surface area contributed by atoms with E-state index in [4.69, 9.17) is 16.0 Å². The maximum Gasteiger partial charge on any atom is 0.298 e. The smallest absolute Gasteiger partial charge is 0.298 e. The summed E-state index contributed by atoms with van der Waals surface area (Å²) in [5.74, 6) is 0.0551. The molecule has 2 aromatic carbocycles. The van der Waals surface area contributed by atoms with Crippen molar-refractivity contribution >= 4 is 63.1 Å². The molecule has 4 aromatic rings. The summed E-state index contributed by atoms with van der Waals surface area (Å²) in [6, 6.07) is 17.9. The van der Waals surface area contributed by atoms with Crippen molar-refractivity contribution in [3.05, 3.63) is 94.4 Å². The number of anilines is 1. The van der Waals surface area contributed by atoms with Gasteiger partial charge in [0.05, 0.1) is 28.4 Å². The van der Waals surface area contributed by atoms with E-state index in [2.05, 4.69) is 5.32 Å². The Morgan fingerprint density at radius 1 is 1.06 bits per heavy atom. The Morgan fingerprint density at radius 3 is 2.65 bits per heavy atom. The number of hydrogen-bond acceptors (Lipinski definition) is 5. The zero-order chi connectivity index (χ0) is 23.7. The lowest BCUT2D eigenvalue weighted by atomic mass is 10.1. The van der Waals surface area contributed by atoms with Crippen molar-refractivity contribution in [3.63, 3.8) is 0 Å². The fourth-order valence-corrected chi connectivity index (χ4v) is 4.83. The minimum absolute atomic E-state index is 0.0934. The van der Waals surface area contributed by atoms with Crippen molar-refractivity contribution in [3.8, 4) is 0 Å². The normalized spacial score (nSPS) is 15.0. The van der Waals surface area contributed by atoms with Gasteiger partial charge in [-0.2, -0.15) is 0 Å². The molecule has 170 valence electrons. The Hall–Kier alpha value is -3.75. The second-order valence-electron chi connectivity index (χ2n) is 7.55. The van der Waals surface area contributed by atoms with Crippen LogP contribution in [0.4, 0.5) is 10.5 Å². The van der Waals surface area contributed by atoms with Crippen molar-refractivity contribution in [2.45, 2.75) is 13.1 Å². The summed E-state index contributed by atoms with van der Waals surface area (Å²) in [4.78, 5) is 39.6. The van der Waals surface area contributed by atoms with E-state index in [-0.39, 0.29) is 17.4 Å². The number of halogens is 1. The number of nitrogens with zero attached hydrogens (tertiary/aromatic N) is 2. The molecule has 0 bridgehead atoms. The van der Waals surface area contributed by atoms with Gasteiger partial charge in [0, 0.05) is 22.7 Å². The van der Waals surface area contributed by atoms with Crippen molar-refractivity contribution in [2.24, 2.45) is 0 Å². The first-order valence-electron chi connectivity index (χ1n) is 10.4. The molecule has 34 heavy (non-hydrogen) atoms. The number of nitrogens with one attached hydrogen (secondary N) is 1. The Morgan fingerprint density at radius 2 is 1.85 bits per heavy atom. The third-order valence-corrected chi connectivity index (χ3v) is 6.54. The van der Waals surface area contributed by atoms with Gasteiger partial charge in [-0.25, -0.2) is 4.90 Å². The van der Waals surface area contributed by atoms with E-state index in [1.54, 1.807) is 54.9 Å². The van der Waals surface area contributed by atoms with Crippen LogP contribution in [0.5, 0.6) is 0 Å². The van der Waals surface area contributed by atoms with Crippen molar-refractivity contribution in [1.82, 2.24) is 9.88 Å². The number of imide groups is 1. The molecule has 0 atom stereocenters. The summed E-state index contributed by atoms with van der Waals surface area (Å²) in [6.45, 7) is 0.392. The standard InChI is InChI=1S/C25H18ClN3O4S/c26-19-8-2-4-10-21(19)29-24(31)22(34-25(29)32)12-16-14-28(20-9-3-1-7-18(16)20)15-23(30)27-13-17-6-5-11-33-17/h1-12,14H,13,15H2,(H,27,30)/b22-12-. The SMILES string of the molecule is O=C(Cn1cc(/C=C2\SC(=O)N(c3ccccc3Cl)C2=O)c2ccccc21)NCc1ccco1. The molecule has 0 unspecified atom stereocenters. The van der Waals surface area contributed by atoms with E-state index >= 15 is 0 Å². The van der Waals surface area contributed by atoms with Gasteiger partial charge in [0.25, 0.3) is 11.1 Å². The van der Waals surface area contributed by atoms with Gasteiger partial charge < -0.3 is 14.3 Å². The number of carbonyl (C=O) groups is 3. The van der Waals surface area contributed by atoms with Gasteiger partial charge in [0.1, 0.15) is 12.3 Å². The first-order chi connectivity index (χ1) is 16.5. The van der Waals surface area contributed by atoms with E-state index in [1.807, 2.05) is 28.8 Å². The van der Waals surface area contributed by atoms with Crippen LogP contribution in [-0.2, 0) is 22.7 Å². The molecule has 3 amide bonds. The lowest BCUT2D eigenvalue weighted by molar-refractivity contribution is -0.121. The van der Waals surface area contributed by atoms with Crippen LogP contribution in [0.15, 0.2) is 82.4 Å².